The third-order valence-electron chi connectivity index (χ3n) is 6.59. The van der Waals surface area contributed by atoms with Crippen LogP contribution in [-0.4, -0.2) is 34.8 Å². The van der Waals surface area contributed by atoms with E-state index in [1.165, 1.54) is 5.56 Å². The number of rotatable bonds is 5. The van der Waals surface area contributed by atoms with Crippen molar-refractivity contribution >= 4 is 38.4 Å². The molecule has 1 atom stereocenters. The predicted octanol–water partition coefficient (Wildman–Crippen LogP) is 6.49. The number of aromatic nitrogens is 2. The summed E-state index contributed by atoms with van der Waals surface area (Å²) in [5.74, 6) is 0.513. The normalized spacial score (nSPS) is 14.5. The third kappa shape index (κ3) is 4.95. The van der Waals surface area contributed by atoms with Crippen LogP contribution >= 0.6 is 11.3 Å². The number of carbonyl (C=O) groups is 1. The highest BCUT2D eigenvalue weighted by molar-refractivity contribution is 7.17. The fourth-order valence-electron chi connectivity index (χ4n) is 5.00. The summed E-state index contributed by atoms with van der Waals surface area (Å²) in [4.78, 5) is 33.0. The molecule has 0 bridgehead atoms. The number of fused-ring (bicyclic) bond motifs is 1. The first-order chi connectivity index (χ1) is 17.8. The second-order valence-electron chi connectivity index (χ2n) is 11.8. The van der Waals surface area contributed by atoms with Gasteiger partial charge in [0.05, 0.1) is 33.4 Å². The lowest BCUT2D eigenvalue weighted by molar-refractivity contribution is -0.162. The number of thiazole rings is 1. The molecule has 38 heavy (non-hydrogen) atoms. The molecule has 0 unspecified atom stereocenters. The summed E-state index contributed by atoms with van der Waals surface area (Å²) >= 11 is 1.16. The molecule has 200 valence electrons. The molecule has 2 aromatic heterocycles. The minimum Gasteiger partial charge on any atom is -0.493 e. The number of benzene rings is 2. The van der Waals surface area contributed by atoms with Gasteiger partial charge in [-0.25, -0.2) is 0 Å². The Morgan fingerprint density at radius 3 is 2.66 bits per heavy atom. The van der Waals surface area contributed by atoms with Gasteiger partial charge in [0.2, 0.25) is 0 Å². The number of H-pyrrole nitrogens is 1. The average molecular weight is 535 g/mol. The van der Waals surface area contributed by atoms with Crippen molar-refractivity contribution in [2.24, 2.45) is 5.41 Å². The monoisotopic (exact) mass is 534 g/mol. The van der Waals surface area contributed by atoms with Crippen molar-refractivity contribution in [3.05, 3.63) is 56.8 Å². The molecular formula is C30H34N2O5S. The molecule has 1 aliphatic heterocycles. The van der Waals surface area contributed by atoms with Crippen LogP contribution in [-0.2, 0) is 20.7 Å². The van der Waals surface area contributed by atoms with Crippen molar-refractivity contribution in [2.75, 3.05) is 13.2 Å². The zero-order chi connectivity index (χ0) is 27.4. The summed E-state index contributed by atoms with van der Waals surface area (Å²) in [5, 5.41) is 0.993. The van der Waals surface area contributed by atoms with Crippen LogP contribution < -0.4 is 9.61 Å². The van der Waals surface area contributed by atoms with Gasteiger partial charge in [-0.3, -0.25) is 14.6 Å². The highest BCUT2D eigenvalue weighted by atomic mass is 32.1. The molecule has 0 aliphatic carbocycles. The molecular weight excluding hydrogens is 500 g/mol. The number of aryl methyl sites for hydroxylation is 1. The Bertz CT molecular complexity index is 1590. The van der Waals surface area contributed by atoms with Crippen LogP contribution in [0.2, 0.25) is 0 Å². The summed E-state index contributed by atoms with van der Waals surface area (Å²) < 4.78 is 19.2. The van der Waals surface area contributed by atoms with Crippen LogP contribution in [0.15, 0.2) is 35.3 Å². The van der Waals surface area contributed by atoms with Gasteiger partial charge in [-0.05, 0) is 89.4 Å². The summed E-state index contributed by atoms with van der Waals surface area (Å²) in [6.07, 6.45) is 2.07. The maximum Gasteiger partial charge on any atom is 0.311 e. The number of hydrogen-bond donors (Lipinski definition) is 1. The Balaban J connectivity index is 1.79. The van der Waals surface area contributed by atoms with E-state index in [4.69, 9.17) is 19.2 Å². The summed E-state index contributed by atoms with van der Waals surface area (Å²) in [6, 6.07) is 8.00. The molecule has 0 saturated heterocycles. The number of ether oxygens (including phenoxy) is 3. The number of hydrogen-bond acceptors (Lipinski definition) is 7. The Morgan fingerprint density at radius 1 is 1.18 bits per heavy atom. The van der Waals surface area contributed by atoms with E-state index in [0.717, 1.165) is 66.9 Å². The van der Waals surface area contributed by atoms with Gasteiger partial charge in [-0.2, -0.15) is 0 Å². The zero-order valence-corrected chi connectivity index (χ0v) is 23.8. The van der Waals surface area contributed by atoms with Crippen molar-refractivity contribution in [3.63, 3.8) is 0 Å². The van der Waals surface area contributed by atoms with E-state index in [1.54, 1.807) is 0 Å². The van der Waals surface area contributed by atoms with Gasteiger partial charge in [0.1, 0.15) is 18.5 Å². The van der Waals surface area contributed by atoms with Crippen molar-refractivity contribution < 1.29 is 19.0 Å². The number of nitrogens with one attached hydrogen (secondary N) is 1. The predicted molar refractivity (Wildman–Crippen MR) is 151 cm³/mol. The third-order valence-corrected chi connectivity index (χ3v) is 7.51. The van der Waals surface area contributed by atoms with E-state index in [0.29, 0.717) is 6.61 Å². The highest BCUT2D eigenvalue weighted by Gasteiger charge is 2.31. The van der Waals surface area contributed by atoms with Crippen LogP contribution in [0.3, 0.4) is 0 Å². The first-order valence-electron chi connectivity index (χ1n) is 12.9. The molecule has 0 amide bonds. The summed E-state index contributed by atoms with van der Waals surface area (Å²) in [5.41, 5.74) is 5.16. The lowest BCUT2D eigenvalue weighted by Gasteiger charge is -2.31. The number of esters is 1. The van der Waals surface area contributed by atoms with Gasteiger partial charge in [-0.1, -0.05) is 11.3 Å². The Kier molecular flexibility index (Phi) is 6.60. The van der Waals surface area contributed by atoms with E-state index < -0.39 is 17.1 Å². The summed E-state index contributed by atoms with van der Waals surface area (Å²) in [7, 11) is 0. The fourth-order valence-corrected chi connectivity index (χ4v) is 5.89. The Morgan fingerprint density at radius 2 is 1.95 bits per heavy atom. The Hall–Kier alpha value is -3.23. The van der Waals surface area contributed by atoms with Crippen LogP contribution in [0.5, 0.6) is 5.75 Å². The fraction of sp³-hybridized carbons (Fsp3) is 0.433. The SMILES string of the molecule is Cc1cc2[nH]c(=O)sc2c(-c2ccc3c4c(ccnc24)CCO3)c1[C@@H](COC(=O)C(C)(C)C)OC(C)(C)C. The minimum atomic E-state index is -0.644. The summed E-state index contributed by atoms with van der Waals surface area (Å²) in [6.45, 7) is 14.1. The van der Waals surface area contributed by atoms with Gasteiger partial charge in [-0.15, -0.1) is 0 Å². The lowest BCUT2D eigenvalue weighted by atomic mass is 9.89. The van der Waals surface area contributed by atoms with Gasteiger partial charge in [0, 0.05) is 29.1 Å². The first kappa shape index (κ1) is 26.4. The van der Waals surface area contributed by atoms with Gasteiger partial charge in [0.15, 0.2) is 0 Å². The largest absolute Gasteiger partial charge is 0.493 e. The molecule has 4 aromatic rings. The molecule has 8 heteroatoms. The lowest BCUT2D eigenvalue weighted by Crippen LogP contribution is -2.30. The first-order valence-corrected chi connectivity index (χ1v) is 13.7. The topological polar surface area (TPSA) is 90.5 Å². The van der Waals surface area contributed by atoms with E-state index >= 15 is 0 Å². The minimum absolute atomic E-state index is 0.0455. The molecule has 1 N–H and O–H groups in total. The molecule has 3 heterocycles. The molecule has 0 spiro atoms. The molecule has 7 nitrogen and oxygen atoms in total. The highest BCUT2D eigenvalue weighted by Crippen LogP contribution is 2.45. The number of aromatic amines is 1. The van der Waals surface area contributed by atoms with E-state index in [-0.39, 0.29) is 17.4 Å². The zero-order valence-electron chi connectivity index (χ0n) is 23.0. The second kappa shape index (κ2) is 9.50. The van der Waals surface area contributed by atoms with Crippen LogP contribution in [0.25, 0.3) is 32.2 Å². The molecule has 1 aliphatic rings. The van der Waals surface area contributed by atoms with Crippen molar-refractivity contribution in [1.82, 2.24) is 9.97 Å². The number of carbonyl (C=O) groups excluding carboxylic acids is 1. The average Bonchev–Trinajstić information content (AvgIpc) is 3.20. The molecule has 5 rings (SSSR count). The standard InChI is InChI=1S/C30H34N2O5S/c1-16-14-19-26(38-28(34)32-19)24(18-8-9-20-23-17(11-13-35-20)10-12-31-25(18)23)22(16)21(37-30(5,6)7)15-36-27(33)29(2,3)4/h8-10,12,14,21H,11,13,15H2,1-7H3,(H,32,34)/t21-/m1/s1. The maximum atomic E-state index is 12.8. The molecule has 0 fully saturated rings. The van der Waals surface area contributed by atoms with Gasteiger partial charge in [0.25, 0.3) is 0 Å². The van der Waals surface area contributed by atoms with Crippen molar-refractivity contribution in [2.45, 2.75) is 66.6 Å². The smallest absolute Gasteiger partial charge is 0.311 e. The van der Waals surface area contributed by atoms with Crippen molar-refractivity contribution in [3.8, 4) is 16.9 Å². The van der Waals surface area contributed by atoms with E-state index in [1.807, 2.05) is 78.9 Å². The van der Waals surface area contributed by atoms with E-state index in [9.17, 15) is 9.59 Å². The maximum absolute atomic E-state index is 12.8. The number of pyridine rings is 1. The second-order valence-corrected chi connectivity index (χ2v) is 12.8. The number of nitrogens with zero attached hydrogens (tertiary/aromatic N) is 1. The van der Waals surface area contributed by atoms with Crippen molar-refractivity contribution in [1.29, 1.82) is 0 Å². The van der Waals surface area contributed by atoms with Crippen LogP contribution in [0, 0.1) is 12.3 Å². The Labute approximate surface area is 226 Å². The quantitative estimate of drug-likeness (QED) is 0.294. The van der Waals surface area contributed by atoms with Crippen LogP contribution in [0.4, 0.5) is 0 Å². The molecule has 0 radical (unpaired) electrons. The molecule has 0 saturated carbocycles. The van der Waals surface area contributed by atoms with Crippen LogP contribution in [0.1, 0.15) is 64.3 Å². The van der Waals surface area contributed by atoms with Gasteiger partial charge >= 0.3 is 10.8 Å². The molecule has 2 aromatic carbocycles. The van der Waals surface area contributed by atoms with E-state index in [2.05, 4.69) is 4.98 Å². The van der Waals surface area contributed by atoms with Gasteiger partial charge < -0.3 is 19.2 Å².